The highest BCUT2D eigenvalue weighted by Crippen LogP contribution is 2.20. The number of guanidine groups is 1. The minimum absolute atomic E-state index is 0. The lowest BCUT2D eigenvalue weighted by atomic mass is 10.2. The van der Waals surface area contributed by atoms with E-state index in [1.807, 2.05) is 55.5 Å². The molecule has 0 spiro atoms. The van der Waals surface area contributed by atoms with Gasteiger partial charge in [0.25, 0.3) is 0 Å². The largest absolute Gasteiger partial charge is 0.489 e. The topological polar surface area (TPSA) is 45.7 Å². The number of halogens is 1. The van der Waals surface area contributed by atoms with Crippen molar-refractivity contribution in [3.05, 3.63) is 78.4 Å². The summed E-state index contributed by atoms with van der Waals surface area (Å²) in [6.45, 7) is 8.35. The van der Waals surface area contributed by atoms with Crippen LogP contribution >= 0.6 is 24.0 Å². The van der Waals surface area contributed by atoms with Gasteiger partial charge < -0.3 is 15.4 Å². The second-order valence-electron chi connectivity index (χ2n) is 5.25. The molecule has 0 fully saturated rings. The van der Waals surface area contributed by atoms with E-state index >= 15 is 0 Å². The van der Waals surface area contributed by atoms with Gasteiger partial charge in [0.2, 0.25) is 0 Å². The van der Waals surface area contributed by atoms with E-state index in [1.165, 1.54) is 0 Å². The summed E-state index contributed by atoms with van der Waals surface area (Å²) < 4.78 is 5.97. The molecule has 0 saturated heterocycles. The van der Waals surface area contributed by atoms with Crippen LogP contribution in [0.4, 0.5) is 0 Å². The average molecular weight is 451 g/mol. The number of hydrogen-bond acceptors (Lipinski definition) is 2. The Morgan fingerprint density at radius 2 is 1.80 bits per heavy atom. The van der Waals surface area contributed by atoms with Crippen molar-refractivity contribution < 1.29 is 4.74 Å². The SMILES string of the molecule is C=CCNC(=NCc1ccccc1OCc1ccccc1)NCC.I. The molecule has 0 atom stereocenters. The van der Waals surface area contributed by atoms with E-state index in [1.54, 1.807) is 0 Å². The van der Waals surface area contributed by atoms with Crippen LogP contribution in [0.3, 0.4) is 0 Å². The first-order valence-corrected chi connectivity index (χ1v) is 8.21. The summed E-state index contributed by atoms with van der Waals surface area (Å²) in [5.41, 5.74) is 2.21. The Morgan fingerprint density at radius 3 is 2.52 bits per heavy atom. The van der Waals surface area contributed by atoms with Gasteiger partial charge in [0.05, 0.1) is 6.54 Å². The predicted octanol–water partition coefficient (Wildman–Crippen LogP) is 4.12. The van der Waals surface area contributed by atoms with E-state index in [0.29, 0.717) is 19.7 Å². The highest BCUT2D eigenvalue weighted by Gasteiger charge is 2.04. The highest BCUT2D eigenvalue weighted by atomic mass is 127. The van der Waals surface area contributed by atoms with Gasteiger partial charge in [-0.05, 0) is 18.6 Å². The number of para-hydroxylation sites is 1. The fourth-order valence-corrected chi connectivity index (χ4v) is 2.19. The van der Waals surface area contributed by atoms with Gasteiger partial charge in [-0.1, -0.05) is 54.6 Å². The van der Waals surface area contributed by atoms with E-state index in [0.717, 1.165) is 29.4 Å². The van der Waals surface area contributed by atoms with Gasteiger partial charge in [-0.25, -0.2) is 4.99 Å². The first kappa shape index (κ1) is 21.0. The van der Waals surface area contributed by atoms with Crippen LogP contribution in [-0.4, -0.2) is 19.0 Å². The molecule has 0 amide bonds. The Balaban J connectivity index is 0.00000312. The van der Waals surface area contributed by atoms with E-state index in [4.69, 9.17) is 4.74 Å². The molecule has 0 aliphatic heterocycles. The maximum atomic E-state index is 5.97. The summed E-state index contributed by atoms with van der Waals surface area (Å²) in [5, 5.41) is 6.41. The molecule has 0 saturated carbocycles. The zero-order valence-corrected chi connectivity index (χ0v) is 16.9. The van der Waals surface area contributed by atoms with Gasteiger partial charge >= 0.3 is 0 Å². The summed E-state index contributed by atoms with van der Waals surface area (Å²) in [6.07, 6.45) is 1.81. The van der Waals surface area contributed by atoms with Gasteiger partial charge in [-0.15, -0.1) is 30.6 Å². The number of rotatable bonds is 8. The van der Waals surface area contributed by atoms with E-state index < -0.39 is 0 Å². The Labute approximate surface area is 167 Å². The molecule has 0 aliphatic carbocycles. The average Bonchev–Trinajstić information content (AvgIpc) is 2.64. The van der Waals surface area contributed by atoms with Crippen LogP contribution < -0.4 is 15.4 Å². The molecule has 2 aromatic rings. The standard InChI is InChI=1S/C20H25N3O.HI/c1-3-14-22-20(21-4-2)23-15-18-12-8-9-13-19(18)24-16-17-10-6-5-7-11-17;/h3,5-13H,1,4,14-16H2,2H3,(H2,21,22,23);1H. The molecule has 0 unspecified atom stereocenters. The Hall–Kier alpha value is -2.02. The van der Waals surface area contributed by atoms with Gasteiger partial charge in [0.15, 0.2) is 5.96 Å². The smallest absolute Gasteiger partial charge is 0.191 e. The van der Waals surface area contributed by atoms with Crippen molar-refractivity contribution in [3.8, 4) is 5.75 Å². The third-order valence-electron chi connectivity index (χ3n) is 3.38. The van der Waals surface area contributed by atoms with Crippen molar-refractivity contribution in [3.63, 3.8) is 0 Å². The maximum absolute atomic E-state index is 5.97. The summed E-state index contributed by atoms with van der Waals surface area (Å²) in [5.74, 6) is 1.64. The second kappa shape index (κ2) is 12.4. The molecule has 5 heteroatoms. The van der Waals surface area contributed by atoms with Crippen molar-refractivity contribution in [1.29, 1.82) is 0 Å². The molecule has 0 radical (unpaired) electrons. The molecule has 2 rings (SSSR count). The summed E-state index contributed by atoms with van der Waals surface area (Å²) in [4.78, 5) is 4.60. The number of ether oxygens (including phenoxy) is 1. The molecule has 2 N–H and O–H groups in total. The quantitative estimate of drug-likeness (QED) is 0.275. The van der Waals surface area contributed by atoms with Crippen molar-refractivity contribution in [2.24, 2.45) is 4.99 Å². The van der Waals surface area contributed by atoms with Gasteiger partial charge in [0.1, 0.15) is 12.4 Å². The predicted molar refractivity (Wildman–Crippen MR) is 116 cm³/mol. The number of hydrogen-bond donors (Lipinski definition) is 2. The number of nitrogens with one attached hydrogen (secondary N) is 2. The molecule has 0 aliphatic rings. The summed E-state index contributed by atoms with van der Waals surface area (Å²) in [7, 11) is 0. The fourth-order valence-electron chi connectivity index (χ4n) is 2.19. The minimum atomic E-state index is 0. The van der Waals surface area contributed by atoms with Crippen LogP contribution in [0.5, 0.6) is 5.75 Å². The summed E-state index contributed by atoms with van der Waals surface area (Å²) >= 11 is 0. The zero-order valence-electron chi connectivity index (χ0n) is 14.6. The molecule has 4 nitrogen and oxygen atoms in total. The molecular weight excluding hydrogens is 425 g/mol. The highest BCUT2D eigenvalue weighted by molar-refractivity contribution is 14.0. The fraction of sp³-hybridized carbons (Fsp3) is 0.250. The number of aliphatic imine (C=N–C) groups is 1. The second-order valence-corrected chi connectivity index (χ2v) is 5.25. The maximum Gasteiger partial charge on any atom is 0.191 e. The lowest BCUT2D eigenvalue weighted by Crippen LogP contribution is -2.37. The molecule has 0 bridgehead atoms. The molecule has 25 heavy (non-hydrogen) atoms. The Morgan fingerprint density at radius 1 is 1.08 bits per heavy atom. The Bertz CT molecular complexity index is 659. The van der Waals surface area contributed by atoms with Crippen LogP contribution in [0.15, 0.2) is 72.2 Å². The van der Waals surface area contributed by atoms with Crippen molar-refractivity contribution in [2.75, 3.05) is 13.1 Å². The van der Waals surface area contributed by atoms with Gasteiger partial charge in [0, 0.05) is 18.7 Å². The van der Waals surface area contributed by atoms with E-state index in [-0.39, 0.29) is 24.0 Å². The zero-order chi connectivity index (χ0) is 17.0. The van der Waals surface area contributed by atoms with Crippen molar-refractivity contribution >= 4 is 29.9 Å². The lowest BCUT2D eigenvalue weighted by molar-refractivity contribution is 0.303. The monoisotopic (exact) mass is 451 g/mol. The van der Waals surface area contributed by atoms with Crippen molar-refractivity contribution in [2.45, 2.75) is 20.1 Å². The van der Waals surface area contributed by atoms with Crippen LogP contribution in [0.1, 0.15) is 18.1 Å². The third-order valence-corrected chi connectivity index (χ3v) is 3.38. The van der Waals surface area contributed by atoms with Crippen LogP contribution in [0, 0.1) is 0 Å². The third kappa shape index (κ3) is 7.60. The molecular formula is C20H26IN3O. The van der Waals surface area contributed by atoms with Gasteiger partial charge in [-0.3, -0.25) is 0 Å². The molecule has 2 aromatic carbocycles. The Kier molecular flexibility index (Phi) is 10.4. The van der Waals surface area contributed by atoms with E-state index in [9.17, 15) is 0 Å². The summed E-state index contributed by atoms with van der Waals surface area (Å²) in [6, 6.07) is 18.2. The molecule has 0 aromatic heterocycles. The first-order chi connectivity index (χ1) is 11.8. The van der Waals surface area contributed by atoms with Gasteiger partial charge in [-0.2, -0.15) is 0 Å². The first-order valence-electron chi connectivity index (χ1n) is 8.21. The molecule has 0 heterocycles. The van der Waals surface area contributed by atoms with Crippen LogP contribution in [-0.2, 0) is 13.2 Å². The lowest BCUT2D eigenvalue weighted by Gasteiger charge is -2.12. The van der Waals surface area contributed by atoms with Crippen LogP contribution in [0.25, 0.3) is 0 Å². The minimum Gasteiger partial charge on any atom is -0.489 e. The molecule has 134 valence electrons. The normalized spacial score (nSPS) is 10.5. The van der Waals surface area contributed by atoms with Crippen molar-refractivity contribution in [1.82, 2.24) is 10.6 Å². The van der Waals surface area contributed by atoms with E-state index in [2.05, 4.69) is 34.3 Å². The number of benzene rings is 2. The number of nitrogens with zero attached hydrogens (tertiary/aromatic N) is 1. The van der Waals surface area contributed by atoms with Crippen LogP contribution in [0.2, 0.25) is 0 Å².